The summed E-state index contributed by atoms with van der Waals surface area (Å²) in [7, 11) is -3.87. The summed E-state index contributed by atoms with van der Waals surface area (Å²) >= 11 is 3.24. The first kappa shape index (κ1) is 17.6. The number of hydrogen-bond acceptors (Lipinski definition) is 4. The van der Waals surface area contributed by atoms with E-state index in [2.05, 4.69) is 31.2 Å². The predicted molar refractivity (Wildman–Crippen MR) is 97.6 cm³/mol. The van der Waals surface area contributed by atoms with Gasteiger partial charge in [-0.2, -0.15) is 0 Å². The van der Waals surface area contributed by atoms with Gasteiger partial charge in [-0.25, -0.2) is 18.5 Å². The lowest BCUT2D eigenvalue weighted by Crippen LogP contribution is -2.26. The monoisotopic (exact) mass is 422 g/mol. The Bertz CT molecular complexity index is 1010. The van der Waals surface area contributed by atoms with Crippen molar-refractivity contribution in [3.8, 4) is 0 Å². The van der Waals surface area contributed by atoms with Crippen LogP contribution in [0.2, 0.25) is 0 Å². The SMILES string of the molecule is NS(=O)(=O)c1ccc(Br)c(C(=O)NCCc2nc3ccccc3[nH]2)c1. The smallest absolute Gasteiger partial charge is 0.252 e. The van der Waals surface area contributed by atoms with Crippen molar-refractivity contribution in [2.75, 3.05) is 6.54 Å². The van der Waals surface area contributed by atoms with Crippen LogP contribution in [0.1, 0.15) is 16.2 Å². The number of H-pyrrole nitrogens is 1. The zero-order valence-electron chi connectivity index (χ0n) is 13.0. The molecule has 0 aliphatic heterocycles. The van der Waals surface area contributed by atoms with E-state index in [0.717, 1.165) is 16.9 Å². The number of nitrogens with two attached hydrogens (primary N) is 1. The molecule has 3 rings (SSSR count). The van der Waals surface area contributed by atoms with Crippen molar-refractivity contribution < 1.29 is 13.2 Å². The van der Waals surface area contributed by atoms with E-state index >= 15 is 0 Å². The van der Waals surface area contributed by atoms with Crippen LogP contribution in [0.5, 0.6) is 0 Å². The molecule has 0 unspecified atom stereocenters. The minimum absolute atomic E-state index is 0.113. The summed E-state index contributed by atoms with van der Waals surface area (Å²) in [6, 6.07) is 11.7. The van der Waals surface area contributed by atoms with Gasteiger partial charge in [0.2, 0.25) is 10.0 Å². The maximum atomic E-state index is 12.3. The lowest BCUT2D eigenvalue weighted by Gasteiger charge is -2.08. The number of nitrogens with one attached hydrogen (secondary N) is 2. The van der Waals surface area contributed by atoms with Crippen LogP contribution in [-0.4, -0.2) is 30.8 Å². The summed E-state index contributed by atoms with van der Waals surface area (Å²) in [6.07, 6.45) is 0.521. The highest BCUT2D eigenvalue weighted by molar-refractivity contribution is 9.10. The van der Waals surface area contributed by atoms with E-state index in [-0.39, 0.29) is 10.5 Å². The molecular weight excluding hydrogens is 408 g/mol. The Morgan fingerprint density at radius 1 is 1.24 bits per heavy atom. The lowest BCUT2D eigenvalue weighted by atomic mass is 10.2. The van der Waals surface area contributed by atoms with Crippen LogP contribution in [0.25, 0.3) is 11.0 Å². The van der Waals surface area contributed by atoms with Crippen molar-refractivity contribution in [3.05, 3.63) is 58.3 Å². The van der Waals surface area contributed by atoms with E-state index < -0.39 is 15.9 Å². The number of imidazole rings is 1. The molecule has 9 heteroatoms. The third-order valence-corrected chi connectivity index (χ3v) is 5.20. The Morgan fingerprint density at radius 2 is 2.00 bits per heavy atom. The highest BCUT2D eigenvalue weighted by Crippen LogP contribution is 2.20. The van der Waals surface area contributed by atoms with E-state index in [1.165, 1.54) is 18.2 Å². The number of aromatic nitrogens is 2. The Balaban J connectivity index is 1.68. The molecule has 25 heavy (non-hydrogen) atoms. The average Bonchev–Trinajstić information content (AvgIpc) is 2.96. The molecule has 3 aromatic rings. The Kier molecular flexibility index (Phi) is 4.89. The number of hydrogen-bond donors (Lipinski definition) is 3. The number of carbonyl (C=O) groups excluding carboxylic acids is 1. The summed E-state index contributed by atoms with van der Waals surface area (Å²) in [5.74, 6) is 0.368. The van der Waals surface area contributed by atoms with E-state index in [4.69, 9.17) is 5.14 Å². The summed E-state index contributed by atoms with van der Waals surface area (Å²) < 4.78 is 23.3. The molecule has 0 bridgehead atoms. The lowest BCUT2D eigenvalue weighted by molar-refractivity contribution is 0.0953. The first-order chi connectivity index (χ1) is 11.8. The highest BCUT2D eigenvalue weighted by atomic mass is 79.9. The minimum Gasteiger partial charge on any atom is -0.352 e. The third-order valence-electron chi connectivity index (χ3n) is 3.60. The summed E-state index contributed by atoms with van der Waals surface area (Å²) in [5.41, 5.74) is 2.01. The van der Waals surface area contributed by atoms with Crippen LogP contribution < -0.4 is 10.5 Å². The predicted octanol–water partition coefficient (Wildman–Crippen LogP) is 1.95. The van der Waals surface area contributed by atoms with E-state index in [1.807, 2.05) is 24.3 Å². The molecule has 0 atom stereocenters. The maximum Gasteiger partial charge on any atom is 0.252 e. The van der Waals surface area contributed by atoms with Gasteiger partial charge in [-0.1, -0.05) is 12.1 Å². The molecule has 7 nitrogen and oxygen atoms in total. The number of benzene rings is 2. The van der Waals surface area contributed by atoms with Crippen molar-refractivity contribution in [2.24, 2.45) is 5.14 Å². The van der Waals surface area contributed by atoms with Gasteiger partial charge in [0.05, 0.1) is 21.5 Å². The van der Waals surface area contributed by atoms with Crippen molar-refractivity contribution in [1.29, 1.82) is 0 Å². The van der Waals surface area contributed by atoms with Crippen LogP contribution in [0, 0.1) is 0 Å². The quantitative estimate of drug-likeness (QED) is 0.581. The van der Waals surface area contributed by atoms with Gasteiger partial charge in [0.15, 0.2) is 0 Å². The minimum atomic E-state index is -3.87. The standard InChI is InChI=1S/C16H15BrN4O3S/c17-12-6-5-10(25(18,23)24)9-11(12)16(22)19-8-7-15-20-13-3-1-2-4-14(13)21-15/h1-6,9H,7-8H2,(H,19,22)(H,20,21)(H2,18,23,24). The number of sulfonamides is 1. The second-order valence-corrected chi connectivity index (χ2v) is 7.81. The van der Waals surface area contributed by atoms with E-state index in [9.17, 15) is 13.2 Å². The van der Waals surface area contributed by atoms with Crippen LogP contribution in [-0.2, 0) is 16.4 Å². The number of primary sulfonamides is 1. The van der Waals surface area contributed by atoms with Crippen molar-refractivity contribution in [2.45, 2.75) is 11.3 Å². The molecule has 0 aliphatic carbocycles. The number of aromatic amines is 1. The Hall–Kier alpha value is -2.23. The molecular formula is C16H15BrN4O3S. The summed E-state index contributed by atoms with van der Waals surface area (Å²) in [6.45, 7) is 0.352. The molecule has 0 radical (unpaired) electrons. The zero-order valence-corrected chi connectivity index (χ0v) is 15.4. The fraction of sp³-hybridized carbons (Fsp3) is 0.125. The van der Waals surface area contributed by atoms with Gasteiger partial charge in [0.25, 0.3) is 5.91 Å². The number of carbonyl (C=O) groups is 1. The fourth-order valence-corrected chi connectivity index (χ4v) is 3.34. The number of nitrogens with zero attached hydrogens (tertiary/aromatic N) is 1. The number of halogens is 1. The van der Waals surface area contributed by atoms with E-state index in [1.54, 1.807) is 0 Å². The summed E-state index contributed by atoms with van der Waals surface area (Å²) in [4.78, 5) is 19.8. The molecule has 1 aromatic heterocycles. The van der Waals surface area contributed by atoms with Gasteiger partial charge in [-0.3, -0.25) is 4.79 Å². The average molecular weight is 423 g/mol. The topological polar surface area (TPSA) is 118 Å². The van der Waals surface area contributed by atoms with Gasteiger partial charge in [-0.15, -0.1) is 0 Å². The largest absolute Gasteiger partial charge is 0.352 e. The van der Waals surface area contributed by atoms with Gasteiger partial charge in [-0.05, 0) is 46.3 Å². The molecule has 1 heterocycles. The van der Waals surface area contributed by atoms with Crippen molar-refractivity contribution in [1.82, 2.24) is 15.3 Å². The molecule has 0 aliphatic rings. The first-order valence-corrected chi connectivity index (χ1v) is 9.73. The van der Waals surface area contributed by atoms with Gasteiger partial charge < -0.3 is 10.3 Å². The van der Waals surface area contributed by atoms with Gasteiger partial charge >= 0.3 is 0 Å². The molecule has 0 fully saturated rings. The zero-order chi connectivity index (χ0) is 18.0. The number of rotatable bonds is 5. The molecule has 0 saturated carbocycles. The second-order valence-electron chi connectivity index (χ2n) is 5.39. The molecule has 4 N–H and O–H groups in total. The number of fused-ring (bicyclic) bond motifs is 1. The van der Waals surface area contributed by atoms with Crippen LogP contribution in [0.15, 0.2) is 51.8 Å². The molecule has 2 aromatic carbocycles. The van der Waals surface area contributed by atoms with Gasteiger partial charge in [0.1, 0.15) is 5.82 Å². The molecule has 0 saturated heterocycles. The number of amides is 1. The van der Waals surface area contributed by atoms with Crippen molar-refractivity contribution >= 4 is 42.9 Å². The van der Waals surface area contributed by atoms with Crippen LogP contribution in [0.3, 0.4) is 0 Å². The second kappa shape index (κ2) is 6.95. The Morgan fingerprint density at radius 3 is 2.72 bits per heavy atom. The van der Waals surface area contributed by atoms with Crippen LogP contribution >= 0.6 is 15.9 Å². The first-order valence-electron chi connectivity index (χ1n) is 7.39. The molecule has 0 spiro atoms. The normalized spacial score (nSPS) is 11.6. The number of para-hydroxylation sites is 2. The Labute approximate surface area is 152 Å². The summed E-state index contributed by atoms with van der Waals surface area (Å²) in [5, 5.41) is 7.85. The highest BCUT2D eigenvalue weighted by Gasteiger charge is 2.15. The molecule has 1 amide bonds. The third kappa shape index (κ3) is 4.06. The fourth-order valence-electron chi connectivity index (χ4n) is 2.37. The van der Waals surface area contributed by atoms with Crippen LogP contribution in [0.4, 0.5) is 0 Å². The maximum absolute atomic E-state index is 12.3. The van der Waals surface area contributed by atoms with Crippen molar-refractivity contribution in [3.63, 3.8) is 0 Å². The van der Waals surface area contributed by atoms with E-state index in [0.29, 0.717) is 17.4 Å². The van der Waals surface area contributed by atoms with Gasteiger partial charge in [0, 0.05) is 17.4 Å². The molecule has 130 valence electrons.